The second-order valence-corrected chi connectivity index (χ2v) is 3.29. The predicted molar refractivity (Wildman–Crippen MR) is 58.7 cm³/mol. The summed E-state index contributed by atoms with van der Waals surface area (Å²) in [4.78, 5) is 8.65. The number of hydrogen-bond donors (Lipinski definition) is 1. The highest BCUT2D eigenvalue weighted by Gasteiger charge is 2.00. The smallest absolute Gasteiger partial charge is 0.104 e. The van der Waals surface area contributed by atoms with Crippen molar-refractivity contribution >= 4 is 12.3 Å². The minimum Gasteiger partial charge on any atom is -0.403 e. The summed E-state index contributed by atoms with van der Waals surface area (Å²) in [5.41, 5.74) is 6.42. The molecule has 74 valence electrons. The number of nitrogens with zero attached hydrogens (tertiary/aromatic N) is 2. The van der Waals surface area contributed by atoms with Gasteiger partial charge >= 0.3 is 0 Å². The predicted octanol–water partition coefficient (Wildman–Crippen LogP) is 0.263. The van der Waals surface area contributed by atoms with E-state index < -0.39 is 0 Å². The van der Waals surface area contributed by atoms with Gasteiger partial charge in [-0.15, -0.1) is 0 Å². The van der Waals surface area contributed by atoms with E-state index in [0.29, 0.717) is 11.3 Å². The summed E-state index contributed by atoms with van der Waals surface area (Å²) in [6.45, 7) is 7.75. The lowest BCUT2D eigenvalue weighted by Crippen LogP contribution is -2.33. The summed E-state index contributed by atoms with van der Waals surface area (Å²) < 4.78 is 0. The van der Waals surface area contributed by atoms with E-state index in [-0.39, 0.29) is 0 Å². The average molecular weight is 189 g/mol. The molecule has 3 nitrogen and oxygen atoms in total. The zero-order valence-electron chi connectivity index (χ0n) is 8.57. The summed E-state index contributed by atoms with van der Waals surface area (Å²) in [7, 11) is 0. The first kappa shape index (κ1) is 10.4. The van der Waals surface area contributed by atoms with Crippen molar-refractivity contribution in [2.45, 2.75) is 19.8 Å². The van der Waals surface area contributed by atoms with Gasteiger partial charge in [0.25, 0.3) is 0 Å². The zero-order chi connectivity index (χ0) is 10.6. The summed E-state index contributed by atoms with van der Waals surface area (Å²) in [5, 5.41) is 1.46. The molecule has 0 aliphatic carbocycles. The molecule has 1 rings (SSSR count). The Morgan fingerprint density at radius 1 is 1.43 bits per heavy atom. The molecular formula is C11H15N3. The van der Waals surface area contributed by atoms with Crippen molar-refractivity contribution in [1.82, 2.24) is 9.97 Å². The minimum absolute atomic E-state index is 0.360. The number of nitrogens with two attached hydrogens (primary N) is 1. The van der Waals surface area contributed by atoms with Gasteiger partial charge < -0.3 is 5.73 Å². The molecule has 0 saturated carbocycles. The van der Waals surface area contributed by atoms with Crippen LogP contribution in [0.5, 0.6) is 0 Å². The van der Waals surface area contributed by atoms with Crippen LogP contribution in [0.1, 0.15) is 25.5 Å². The summed E-state index contributed by atoms with van der Waals surface area (Å²) >= 11 is 0. The van der Waals surface area contributed by atoms with Crippen molar-refractivity contribution in [3.05, 3.63) is 35.2 Å². The van der Waals surface area contributed by atoms with Crippen LogP contribution < -0.4 is 16.4 Å². The van der Waals surface area contributed by atoms with Gasteiger partial charge in [-0.25, -0.2) is 4.98 Å². The monoisotopic (exact) mass is 189 g/mol. The van der Waals surface area contributed by atoms with Gasteiger partial charge in [0.2, 0.25) is 0 Å². The molecular weight excluding hydrogens is 174 g/mol. The summed E-state index contributed by atoms with van der Waals surface area (Å²) in [6.07, 6.45) is 6.70. The molecule has 0 unspecified atom stereocenters. The number of aromatic nitrogens is 2. The molecule has 3 heteroatoms. The Morgan fingerprint density at radius 3 is 2.64 bits per heavy atom. The lowest BCUT2D eigenvalue weighted by atomic mass is 10.1. The van der Waals surface area contributed by atoms with Crippen LogP contribution in [0, 0.1) is 0 Å². The van der Waals surface area contributed by atoms with Crippen molar-refractivity contribution in [2.24, 2.45) is 5.73 Å². The van der Waals surface area contributed by atoms with Gasteiger partial charge in [0.1, 0.15) is 5.35 Å². The van der Waals surface area contributed by atoms with Gasteiger partial charge in [0.05, 0.1) is 11.0 Å². The first-order valence-corrected chi connectivity index (χ1v) is 4.56. The van der Waals surface area contributed by atoms with Crippen LogP contribution in [0.2, 0.25) is 0 Å². The van der Waals surface area contributed by atoms with E-state index in [1.165, 1.54) is 6.20 Å². The normalized spacial score (nSPS) is 13.6. The molecule has 0 atom stereocenters. The molecule has 14 heavy (non-hydrogen) atoms. The Bertz CT molecular complexity index is 432. The molecule has 1 aromatic rings. The van der Waals surface area contributed by atoms with Crippen molar-refractivity contribution in [3.8, 4) is 0 Å². The van der Waals surface area contributed by atoms with E-state index >= 15 is 0 Å². The SMILES string of the molecule is C=C/C=c1/ncc(C(C)C)n/c1=C/N. The fourth-order valence-electron chi connectivity index (χ4n) is 1.07. The van der Waals surface area contributed by atoms with Crippen molar-refractivity contribution in [3.63, 3.8) is 0 Å². The lowest BCUT2D eigenvalue weighted by Gasteiger charge is -2.02. The number of hydrogen-bond acceptors (Lipinski definition) is 3. The molecule has 0 aliphatic rings. The van der Waals surface area contributed by atoms with Gasteiger partial charge in [0.15, 0.2) is 0 Å². The average Bonchev–Trinajstić information content (AvgIpc) is 2.18. The molecule has 0 aliphatic heterocycles. The van der Waals surface area contributed by atoms with Crippen LogP contribution in [0.25, 0.3) is 12.3 Å². The zero-order valence-corrected chi connectivity index (χ0v) is 8.57. The number of rotatable bonds is 2. The molecule has 1 heterocycles. The van der Waals surface area contributed by atoms with Crippen LogP contribution >= 0.6 is 0 Å². The summed E-state index contributed by atoms with van der Waals surface area (Å²) in [6, 6.07) is 0. The van der Waals surface area contributed by atoms with Crippen molar-refractivity contribution in [1.29, 1.82) is 0 Å². The topological polar surface area (TPSA) is 51.8 Å². The van der Waals surface area contributed by atoms with Gasteiger partial charge in [-0.05, 0) is 12.0 Å². The molecule has 0 amide bonds. The maximum atomic E-state index is 5.47. The molecule has 0 radical (unpaired) electrons. The van der Waals surface area contributed by atoms with Crippen LogP contribution in [-0.2, 0) is 0 Å². The third-order valence-electron chi connectivity index (χ3n) is 1.87. The fraction of sp³-hybridized carbons (Fsp3) is 0.273. The van der Waals surface area contributed by atoms with E-state index in [9.17, 15) is 0 Å². The lowest BCUT2D eigenvalue weighted by molar-refractivity contribution is 0.799. The molecule has 1 aromatic heterocycles. The molecule has 0 fully saturated rings. The second kappa shape index (κ2) is 4.56. The Hall–Kier alpha value is -1.64. The quantitative estimate of drug-likeness (QED) is 0.726. The van der Waals surface area contributed by atoms with Crippen LogP contribution in [0.15, 0.2) is 18.9 Å². The van der Waals surface area contributed by atoms with E-state index in [2.05, 4.69) is 30.4 Å². The standard InChI is InChI=1S/C11H15N3/c1-4-5-9-10(6-12)14-11(7-13-9)8(2)3/h4-8H,1,12H2,2-3H3/b9-5+,10-6+. The third-order valence-corrected chi connectivity index (χ3v) is 1.87. The maximum Gasteiger partial charge on any atom is 0.104 e. The van der Waals surface area contributed by atoms with E-state index in [1.807, 2.05) is 0 Å². The third kappa shape index (κ3) is 2.19. The van der Waals surface area contributed by atoms with E-state index in [4.69, 9.17) is 5.73 Å². The molecule has 2 N–H and O–H groups in total. The van der Waals surface area contributed by atoms with Gasteiger partial charge in [-0.1, -0.05) is 26.5 Å². The Morgan fingerprint density at radius 2 is 2.14 bits per heavy atom. The van der Waals surface area contributed by atoms with Crippen LogP contribution in [-0.4, -0.2) is 9.97 Å². The van der Waals surface area contributed by atoms with Crippen LogP contribution in [0.3, 0.4) is 0 Å². The molecule has 0 saturated heterocycles. The van der Waals surface area contributed by atoms with Gasteiger partial charge in [0, 0.05) is 12.4 Å². The Kier molecular flexibility index (Phi) is 3.40. The number of allylic oxidation sites excluding steroid dienone is 1. The second-order valence-electron chi connectivity index (χ2n) is 3.29. The Balaban J connectivity index is 3.41. The van der Waals surface area contributed by atoms with Crippen molar-refractivity contribution in [2.75, 3.05) is 0 Å². The van der Waals surface area contributed by atoms with Crippen molar-refractivity contribution < 1.29 is 0 Å². The molecule has 0 bridgehead atoms. The molecule has 0 spiro atoms. The van der Waals surface area contributed by atoms with E-state index in [1.54, 1.807) is 18.3 Å². The fourth-order valence-corrected chi connectivity index (χ4v) is 1.07. The Labute approximate surface area is 83.7 Å². The summed E-state index contributed by atoms with van der Waals surface area (Å²) in [5.74, 6) is 0.360. The first-order chi connectivity index (χ1) is 6.69. The highest BCUT2D eigenvalue weighted by Crippen LogP contribution is 2.05. The van der Waals surface area contributed by atoms with E-state index in [0.717, 1.165) is 11.0 Å². The minimum atomic E-state index is 0.360. The van der Waals surface area contributed by atoms with Gasteiger partial charge in [-0.3, -0.25) is 4.98 Å². The largest absolute Gasteiger partial charge is 0.403 e. The highest BCUT2D eigenvalue weighted by molar-refractivity contribution is 5.33. The van der Waals surface area contributed by atoms with Gasteiger partial charge in [-0.2, -0.15) is 0 Å². The first-order valence-electron chi connectivity index (χ1n) is 4.56. The maximum absolute atomic E-state index is 5.47. The molecule has 0 aromatic carbocycles. The van der Waals surface area contributed by atoms with Crippen LogP contribution in [0.4, 0.5) is 0 Å². The highest BCUT2D eigenvalue weighted by atomic mass is 14.8.